The molecule has 0 aromatic heterocycles. The molecular weight excluding hydrogens is 168 g/mol. The molecule has 0 aliphatic heterocycles. The maximum absolute atomic E-state index is 11.4. The summed E-state index contributed by atoms with van der Waals surface area (Å²) in [6, 6.07) is 9.37. The fourth-order valence-electron chi connectivity index (χ4n) is 0.842. The van der Waals surface area contributed by atoms with E-state index in [4.69, 9.17) is 6.42 Å². The van der Waals surface area contributed by atoms with Crippen LogP contribution in [0.25, 0.3) is 0 Å². The van der Waals surface area contributed by atoms with Gasteiger partial charge in [-0.25, -0.2) is 0 Å². The Bertz CT molecular complexity index is 297. The van der Waals surface area contributed by atoms with Crippen molar-refractivity contribution < 1.29 is 4.21 Å². The normalized spacial score (nSPS) is 11.9. The molecule has 0 heterocycles. The molecule has 0 aliphatic rings. The van der Waals surface area contributed by atoms with Crippen LogP contribution in [0.1, 0.15) is 6.42 Å². The van der Waals surface area contributed by atoms with Gasteiger partial charge in [0.1, 0.15) is 0 Å². The van der Waals surface area contributed by atoms with Gasteiger partial charge in [0.05, 0.1) is 10.8 Å². The Morgan fingerprint density at radius 1 is 1.33 bits per heavy atom. The van der Waals surface area contributed by atoms with Crippen molar-refractivity contribution in [2.45, 2.75) is 11.3 Å². The van der Waals surface area contributed by atoms with E-state index in [-0.39, 0.29) is 0 Å². The Morgan fingerprint density at radius 2 is 2.00 bits per heavy atom. The van der Waals surface area contributed by atoms with E-state index in [2.05, 4.69) is 5.92 Å². The van der Waals surface area contributed by atoms with Crippen molar-refractivity contribution >= 4 is 10.8 Å². The Labute approximate surface area is 75.3 Å². The summed E-state index contributed by atoms with van der Waals surface area (Å²) in [5, 5.41) is 0. The topological polar surface area (TPSA) is 17.1 Å². The third-order valence-electron chi connectivity index (χ3n) is 1.44. The van der Waals surface area contributed by atoms with Gasteiger partial charge < -0.3 is 0 Å². The molecule has 62 valence electrons. The molecule has 0 N–H and O–H groups in total. The van der Waals surface area contributed by atoms with Crippen LogP contribution in [-0.4, -0.2) is 9.96 Å². The SMILES string of the molecule is C#CCCS(=O)c1ccccc1. The van der Waals surface area contributed by atoms with Crippen LogP contribution < -0.4 is 0 Å². The molecule has 0 bridgehead atoms. The van der Waals surface area contributed by atoms with Gasteiger partial charge in [-0.3, -0.25) is 4.21 Å². The summed E-state index contributed by atoms with van der Waals surface area (Å²) < 4.78 is 11.4. The summed E-state index contributed by atoms with van der Waals surface area (Å²) in [5.41, 5.74) is 0. The standard InChI is InChI=1S/C10H10OS/c1-2-3-9-12(11)10-7-5-4-6-8-10/h1,4-8H,3,9H2. The second-order valence-electron chi connectivity index (χ2n) is 2.32. The molecule has 0 aliphatic carbocycles. The minimum atomic E-state index is -0.926. The maximum atomic E-state index is 11.4. The van der Waals surface area contributed by atoms with Crippen molar-refractivity contribution in [3.05, 3.63) is 30.3 Å². The average molecular weight is 178 g/mol. The second kappa shape index (κ2) is 4.74. The van der Waals surface area contributed by atoms with Gasteiger partial charge in [-0.05, 0) is 12.1 Å². The number of hydrogen-bond acceptors (Lipinski definition) is 1. The first-order chi connectivity index (χ1) is 5.84. The summed E-state index contributed by atoms with van der Waals surface area (Å²) in [4.78, 5) is 0.854. The summed E-state index contributed by atoms with van der Waals surface area (Å²) in [5.74, 6) is 3.03. The number of benzene rings is 1. The lowest BCUT2D eigenvalue weighted by Crippen LogP contribution is -1.96. The van der Waals surface area contributed by atoms with Crippen LogP contribution in [0.5, 0.6) is 0 Å². The molecule has 0 saturated heterocycles. The van der Waals surface area contributed by atoms with Crippen molar-refractivity contribution in [1.29, 1.82) is 0 Å². The highest BCUT2D eigenvalue weighted by Gasteiger charge is 1.99. The first-order valence-electron chi connectivity index (χ1n) is 3.71. The molecule has 1 nitrogen and oxygen atoms in total. The molecule has 1 rings (SSSR count). The lowest BCUT2D eigenvalue weighted by Gasteiger charge is -1.97. The zero-order valence-electron chi connectivity index (χ0n) is 6.69. The van der Waals surface area contributed by atoms with Gasteiger partial charge in [-0.2, -0.15) is 0 Å². The van der Waals surface area contributed by atoms with E-state index in [0.717, 1.165) is 4.90 Å². The quantitative estimate of drug-likeness (QED) is 0.645. The van der Waals surface area contributed by atoms with Gasteiger partial charge >= 0.3 is 0 Å². The zero-order valence-corrected chi connectivity index (χ0v) is 7.51. The van der Waals surface area contributed by atoms with Gasteiger partial charge in [-0.1, -0.05) is 18.2 Å². The van der Waals surface area contributed by atoms with Gasteiger partial charge in [0.25, 0.3) is 0 Å². The van der Waals surface area contributed by atoms with Crippen molar-refractivity contribution in [3.63, 3.8) is 0 Å². The molecule has 0 spiro atoms. The summed E-state index contributed by atoms with van der Waals surface area (Å²) in [6.45, 7) is 0. The van der Waals surface area contributed by atoms with Crippen LogP contribution in [0, 0.1) is 12.3 Å². The van der Waals surface area contributed by atoms with Crippen LogP contribution in [0.4, 0.5) is 0 Å². The van der Waals surface area contributed by atoms with E-state index in [1.54, 1.807) is 0 Å². The zero-order chi connectivity index (χ0) is 8.81. The fraction of sp³-hybridized carbons (Fsp3) is 0.200. The Balaban J connectivity index is 2.61. The molecule has 1 atom stereocenters. The molecule has 0 amide bonds. The molecule has 2 heteroatoms. The lowest BCUT2D eigenvalue weighted by atomic mass is 10.4. The first-order valence-corrected chi connectivity index (χ1v) is 5.03. The average Bonchev–Trinajstić information content (AvgIpc) is 2.15. The summed E-state index contributed by atoms with van der Waals surface area (Å²) >= 11 is 0. The third-order valence-corrected chi connectivity index (χ3v) is 2.81. The van der Waals surface area contributed by atoms with Gasteiger partial charge in [0, 0.05) is 17.1 Å². The Kier molecular flexibility index (Phi) is 3.56. The summed E-state index contributed by atoms with van der Waals surface area (Å²) in [7, 11) is -0.926. The monoisotopic (exact) mass is 178 g/mol. The van der Waals surface area contributed by atoms with Crippen LogP contribution in [0.3, 0.4) is 0 Å². The predicted molar refractivity (Wildman–Crippen MR) is 51.2 cm³/mol. The van der Waals surface area contributed by atoms with Crippen LogP contribution in [0.2, 0.25) is 0 Å². The Hall–Kier alpha value is -1.07. The highest BCUT2D eigenvalue weighted by atomic mass is 32.2. The summed E-state index contributed by atoms with van der Waals surface area (Å²) in [6.07, 6.45) is 5.64. The van der Waals surface area contributed by atoms with E-state index in [1.165, 1.54) is 0 Å². The second-order valence-corrected chi connectivity index (χ2v) is 3.89. The number of terminal acetylenes is 1. The maximum Gasteiger partial charge on any atom is 0.0539 e. The lowest BCUT2D eigenvalue weighted by molar-refractivity contribution is 0.683. The minimum absolute atomic E-state index is 0.556. The molecule has 12 heavy (non-hydrogen) atoms. The van der Waals surface area contributed by atoms with E-state index >= 15 is 0 Å². The van der Waals surface area contributed by atoms with Crippen molar-refractivity contribution in [2.75, 3.05) is 5.75 Å². The first kappa shape index (κ1) is 9.02. The highest BCUT2D eigenvalue weighted by Crippen LogP contribution is 2.05. The van der Waals surface area contributed by atoms with Crippen molar-refractivity contribution in [2.24, 2.45) is 0 Å². The third kappa shape index (κ3) is 2.52. The van der Waals surface area contributed by atoms with Crippen molar-refractivity contribution in [3.8, 4) is 12.3 Å². The largest absolute Gasteiger partial charge is 0.254 e. The Morgan fingerprint density at radius 3 is 2.58 bits per heavy atom. The van der Waals surface area contributed by atoms with Gasteiger partial charge in [0.2, 0.25) is 0 Å². The van der Waals surface area contributed by atoms with Crippen LogP contribution in [0.15, 0.2) is 35.2 Å². The van der Waals surface area contributed by atoms with Crippen LogP contribution in [-0.2, 0) is 10.8 Å². The molecule has 1 aromatic rings. The van der Waals surface area contributed by atoms with E-state index in [9.17, 15) is 4.21 Å². The van der Waals surface area contributed by atoms with E-state index in [1.807, 2.05) is 30.3 Å². The van der Waals surface area contributed by atoms with Gasteiger partial charge in [0.15, 0.2) is 0 Å². The highest BCUT2D eigenvalue weighted by molar-refractivity contribution is 7.85. The minimum Gasteiger partial charge on any atom is -0.254 e. The van der Waals surface area contributed by atoms with Crippen LogP contribution >= 0.6 is 0 Å². The fourth-order valence-corrected chi connectivity index (χ4v) is 1.84. The number of hydrogen-bond donors (Lipinski definition) is 0. The smallest absolute Gasteiger partial charge is 0.0539 e. The molecule has 0 saturated carbocycles. The predicted octanol–water partition coefficient (Wildman–Crippen LogP) is 1.82. The molecule has 1 unspecified atom stereocenters. The molecule has 0 radical (unpaired) electrons. The van der Waals surface area contributed by atoms with Crippen molar-refractivity contribution in [1.82, 2.24) is 0 Å². The van der Waals surface area contributed by atoms with Gasteiger partial charge in [-0.15, -0.1) is 12.3 Å². The van der Waals surface area contributed by atoms with E-state index in [0.29, 0.717) is 12.2 Å². The number of rotatable bonds is 3. The molecular formula is C10H10OS. The van der Waals surface area contributed by atoms with E-state index < -0.39 is 10.8 Å². The molecule has 1 aromatic carbocycles. The molecule has 0 fully saturated rings.